The Hall–Kier alpha value is 0.150. The summed E-state index contributed by atoms with van der Waals surface area (Å²) in [5, 5.41) is 0. The van der Waals surface area contributed by atoms with Gasteiger partial charge in [-0.1, -0.05) is 0 Å². The summed E-state index contributed by atoms with van der Waals surface area (Å²) < 4.78 is 44.8. The van der Waals surface area contributed by atoms with Crippen LogP contribution in [-0.2, 0) is 19.7 Å². The van der Waals surface area contributed by atoms with Gasteiger partial charge in [-0.2, -0.15) is 20.2 Å². The predicted molar refractivity (Wildman–Crippen MR) is 59.9 cm³/mol. The molecule has 2 aliphatic heterocycles. The molecule has 94 valence electrons. The summed E-state index contributed by atoms with van der Waals surface area (Å²) in [6, 6.07) is 0. The third kappa shape index (κ3) is 3.32. The van der Waals surface area contributed by atoms with Crippen LogP contribution in [0.2, 0.25) is 0 Å². The summed E-state index contributed by atoms with van der Waals surface area (Å²) in [5.74, 6) is 1.37. The Morgan fingerprint density at radius 2 is 2.06 bits per heavy atom. The summed E-state index contributed by atoms with van der Waals surface area (Å²) in [5.41, 5.74) is -0.376. The first-order valence-electron chi connectivity index (χ1n) is 5.25. The monoisotopic (exact) mass is 270 g/mol. The van der Waals surface area contributed by atoms with E-state index in [2.05, 4.69) is 0 Å². The first-order chi connectivity index (χ1) is 7.49. The van der Waals surface area contributed by atoms with E-state index in [0.29, 0.717) is 6.61 Å². The minimum Gasteiger partial charge on any atom is -0.376 e. The van der Waals surface area contributed by atoms with E-state index >= 15 is 0 Å². The standard InChI is InChI=1S/C9H15FO4S2/c10-16(11,12)6-8-5-13-7-9(14-8)1-3-15-4-2-9/h8H,1-7H2. The van der Waals surface area contributed by atoms with Crippen molar-refractivity contribution in [3.8, 4) is 0 Å². The molecule has 2 rings (SSSR count). The highest BCUT2D eigenvalue weighted by Crippen LogP contribution is 2.34. The Morgan fingerprint density at radius 1 is 1.38 bits per heavy atom. The molecule has 1 unspecified atom stereocenters. The highest BCUT2D eigenvalue weighted by Gasteiger charge is 2.40. The van der Waals surface area contributed by atoms with E-state index in [0.717, 1.165) is 24.3 Å². The summed E-state index contributed by atoms with van der Waals surface area (Å²) in [7, 11) is -4.49. The fourth-order valence-electron chi connectivity index (χ4n) is 2.11. The van der Waals surface area contributed by atoms with Crippen molar-refractivity contribution in [3.63, 3.8) is 0 Å². The maximum Gasteiger partial charge on any atom is 0.305 e. The number of rotatable bonds is 2. The van der Waals surface area contributed by atoms with Gasteiger partial charge in [0.2, 0.25) is 0 Å². The lowest BCUT2D eigenvalue weighted by Gasteiger charge is -2.42. The van der Waals surface area contributed by atoms with Gasteiger partial charge in [0.1, 0.15) is 5.75 Å². The van der Waals surface area contributed by atoms with Crippen LogP contribution in [0.3, 0.4) is 0 Å². The van der Waals surface area contributed by atoms with Crippen LogP contribution in [0, 0.1) is 0 Å². The van der Waals surface area contributed by atoms with Crippen molar-refractivity contribution in [2.24, 2.45) is 0 Å². The van der Waals surface area contributed by atoms with Crippen LogP contribution in [0.5, 0.6) is 0 Å². The normalized spacial score (nSPS) is 30.4. The van der Waals surface area contributed by atoms with Crippen molar-refractivity contribution in [1.29, 1.82) is 0 Å². The Morgan fingerprint density at radius 3 is 2.69 bits per heavy atom. The van der Waals surface area contributed by atoms with Crippen molar-refractivity contribution in [3.05, 3.63) is 0 Å². The molecule has 0 aromatic heterocycles. The van der Waals surface area contributed by atoms with Crippen molar-refractivity contribution >= 4 is 22.0 Å². The second kappa shape index (κ2) is 4.80. The van der Waals surface area contributed by atoms with E-state index in [1.165, 1.54) is 0 Å². The van der Waals surface area contributed by atoms with E-state index in [-0.39, 0.29) is 12.2 Å². The van der Waals surface area contributed by atoms with Gasteiger partial charge in [-0.25, -0.2) is 0 Å². The molecule has 0 saturated carbocycles. The number of hydrogen-bond donors (Lipinski definition) is 0. The highest BCUT2D eigenvalue weighted by atomic mass is 32.3. The molecule has 4 nitrogen and oxygen atoms in total. The fourth-order valence-corrected chi connectivity index (χ4v) is 3.95. The maximum atomic E-state index is 12.6. The van der Waals surface area contributed by atoms with E-state index in [9.17, 15) is 12.3 Å². The predicted octanol–water partition coefficient (Wildman–Crippen LogP) is 0.967. The first-order valence-corrected chi connectivity index (χ1v) is 7.96. The largest absolute Gasteiger partial charge is 0.376 e. The zero-order valence-electron chi connectivity index (χ0n) is 8.85. The minimum atomic E-state index is -4.49. The van der Waals surface area contributed by atoms with Gasteiger partial charge < -0.3 is 9.47 Å². The number of hydrogen-bond acceptors (Lipinski definition) is 5. The average molecular weight is 270 g/mol. The van der Waals surface area contributed by atoms with E-state index in [4.69, 9.17) is 9.47 Å². The number of ether oxygens (including phenoxy) is 2. The van der Waals surface area contributed by atoms with E-state index < -0.39 is 22.1 Å². The second-order valence-electron chi connectivity index (χ2n) is 4.26. The van der Waals surface area contributed by atoms with Gasteiger partial charge in [0.15, 0.2) is 0 Å². The van der Waals surface area contributed by atoms with Crippen LogP contribution in [0.1, 0.15) is 12.8 Å². The average Bonchev–Trinajstić information content (AvgIpc) is 2.16. The van der Waals surface area contributed by atoms with Gasteiger partial charge in [-0.05, 0) is 24.3 Å². The fraction of sp³-hybridized carbons (Fsp3) is 1.00. The van der Waals surface area contributed by atoms with Gasteiger partial charge >= 0.3 is 10.2 Å². The molecule has 0 aromatic rings. The SMILES string of the molecule is O=S(=O)(F)CC1COCC2(CCSCC2)O1. The van der Waals surface area contributed by atoms with Gasteiger partial charge in [-0.3, -0.25) is 0 Å². The van der Waals surface area contributed by atoms with Gasteiger partial charge in [0.25, 0.3) is 0 Å². The Labute approximate surface area is 99.1 Å². The van der Waals surface area contributed by atoms with Crippen LogP contribution < -0.4 is 0 Å². The zero-order chi connectivity index (χ0) is 11.6. The Kier molecular flexibility index (Phi) is 3.78. The van der Waals surface area contributed by atoms with Crippen LogP contribution in [-0.4, -0.2) is 50.6 Å². The molecule has 1 atom stereocenters. The molecule has 0 bridgehead atoms. The third-order valence-corrected chi connectivity index (χ3v) is 4.63. The Balaban J connectivity index is 1.98. The summed E-state index contributed by atoms with van der Waals surface area (Å²) >= 11 is 1.85. The lowest BCUT2D eigenvalue weighted by atomic mass is 9.96. The summed E-state index contributed by atoms with van der Waals surface area (Å²) in [4.78, 5) is 0. The molecule has 0 aliphatic carbocycles. The van der Waals surface area contributed by atoms with Crippen molar-refractivity contribution in [1.82, 2.24) is 0 Å². The molecule has 2 heterocycles. The molecule has 1 spiro atoms. The van der Waals surface area contributed by atoms with Crippen LogP contribution >= 0.6 is 11.8 Å². The van der Waals surface area contributed by atoms with Crippen molar-refractivity contribution in [2.45, 2.75) is 24.5 Å². The highest BCUT2D eigenvalue weighted by molar-refractivity contribution is 7.99. The summed E-state index contributed by atoms with van der Waals surface area (Å²) in [6.07, 6.45) is 1.04. The van der Waals surface area contributed by atoms with Crippen LogP contribution in [0.4, 0.5) is 3.89 Å². The number of thioether (sulfide) groups is 1. The Bertz CT molecular complexity index is 332. The molecule has 0 radical (unpaired) electrons. The molecule has 0 aromatic carbocycles. The lowest BCUT2D eigenvalue weighted by Crippen LogP contribution is -2.51. The van der Waals surface area contributed by atoms with E-state index in [1.807, 2.05) is 11.8 Å². The number of halogens is 1. The van der Waals surface area contributed by atoms with E-state index in [1.54, 1.807) is 0 Å². The lowest BCUT2D eigenvalue weighted by molar-refractivity contribution is -0.194. The topological polar surface area (TPSA) is 52.6 Å². The molecule has 7 heteroatoms. The van der Waals surface area contributed by atoms with Gasteiger partial charge in [-0.15, -0.1) is 3.89 Å². The smallest absolute Gasteiger partial charge is 0.305 e. The van der Waals surface area contributed by atoms with Crippen molar-refractivity contribution in [2.75, 3.05) is 30.5 Å². The quantitative estimate of drug-likeness (QED) is 0.700. The first kappa shape index (κ1) is 12.6. The zero-order valence-corrected chi connectivity index (χ0v) is 10.5. The second-order valence-corrected chi connectivity index (χ2v) is 6.89. The molecule has 0 amide bonds. The molecule has 16 heavy (non-hydrogen) atoms. The molecule has 2 fully saturated rings. The molecule has 2 saturated heterocycles. The van der Waals surface area contributed by atoms with Crippen LogP contribution in [0.25, 0.3) is 0 Å². The van der Waals surface area contributed by atoms with Gasteiger partial charge in [0.05, 0.1) is 24.9 Å². The molecule has 0 N–H and O–H groups in total. The third-order valence-electron chi connectivity index (χ3n) is 2.87. The molecular formula is C9H15FO4S2. The molecule has 2 aliphatic rings. The van der Waals surface area contributed by atoms with Crippen molar-refractivity contribution < 1.29 is 21.8 Å². The maximum absolute atomic E-state index is 12.6. The summed E-state index contributed by atoms with van der Waals surface area (Å²) in [6.45, 7) is 0.661. The minimum absolute atomic E-state index is 0.165. The van der Waals surface area contributed by atoms with Crippen LogP contribution in [0.15, 0.2) is 0 Å². The molecular weight excluding hydrogens is 255 g/mol. The van der Waals surface area contributed by atoms with Gasteiger partial charge in [0, 0.05) is 0 Å².